The predicted molar refractivity (Wildman–Crippen MR) is 128 cm³/mol. The zero-order valence-electron chi connectivity index (χ0n) is 18.7. The van der Waals surface area contributed by atoms with Gasteiger partial charge in [0.1, 0.15) is 17.4 Å². The summed E-state index contributed by atoms with van der Waals surface area (Å²) in [5, 5.41) is 0. The molecule has 1 aliphatic heterocycles. The van der Waals surface area contributed by atoms with Gasteiger partial charge in [-0.25, -0.2) is 8.78 Å². The molecule has 0 spiro atoms. The minimum absolute atomic E-state index is 0.0292. The van der Waals surface area contributed by atoms with Gasteiger partial charge in [0.25, 0.3) is 0 Å². The Morgan fingerprint density at radius 3 is 2.39 bits per heavy atom. The fourth-order valence-electron chi connectivity index (χ4n) is 3.96. The van der Waals surface area contributed by atoms with Crippen molar-refractivity contribution in [2.75, 3.05) is 45.2 Å². The standard InChI is InChI=1S/C27H26F2N2O2/c1-30-13-15-31(16-14-30)26-11-7-19(22-5-3-4-6-24(22)28)17-20(26)8-12-27(32)23-10-9-21(33-2)18-25(23)29/h3-12,17-18H,13-16H2,1-2H3. The van der Waals surface area contributed by atoms with E-state index in [0.29, 0.717) is 16.9 Å². The number of likely N-dealkylation sites (N-methyl/N-ethyl adjacent to an activating group) is 1. The molecule has 0 bridgehead atoms. The molecular weight excluding hydrogens is 422 g/mol. The molecule has 0 radical (unpaired) electrons. The molecule has 4 nitrogen and oxygen atoms in total. The maximum Gasteiger partial charge on any atom is 0.188 e. The highest BCUT2D eigenvalue weighted by Crippen LogP contribution is 2.31. The molecule has 170 valence electrons. The summed E-state index contributed by atoms with van der Waals surface area (Å²) in [6.45, 7) is 3.54. The molecule has 4 rings (SSSR count). The van der Waals surface area contributed by atoms with Crippen molar-refractivity contribution < 1.29 is 18.3 Å². The first kappa shape index (κ1) is 22.7. The molecule has 0 aliphatic carbocycles. The number of halogens is 2. The Hall–Kier alpha value is -3.51. The van der Waals surface area contributed by atoms with Crippen LogP contribution in [0.4, 0.5) is 14.5 Å². The molecule has 1 saturated heterocycles. The van der Waals surface area contributed by atoms with Crippen LogP contribution in [0.25, 0.3) is 17.2 Å². The lowest BCUT2D eigenvalue weighted by atomic mass is 9.99. The average Bonchev–Trinajstić information content (AvgIpc) is 2.83. The van der Waals surface area contributed by atoms with Gasteiger partial charge in [0.05, 0.1) is 12.7 Å². The lowest BCUT2D eigenvalue weighted by Gasteiger charge is -2.35. The number of allylic oxidation sites excluding steroid dienone is 1. The van der Waals surface area contributed by atoms with Crippen LogP contribution >= 0.6 is 0 Å². The number of carbonyl (C=O) groups excluding carboxylic acids is 1. The molecule has 1 heterocycles. The highest BCUT2D eigenvalue weighted by molar-refractivity contribution is 6.07. The smallest absolute Gasteiger partial charge is 0.188 e. The van der Waals surface area contributed by atoms with Crippen LogP contribution in [0, 0.1) is 11.6 Å². The number of piperazine rings is 1. The molecule has 3 aromatic carbocycles. The van der Waals surface area contributed by atoms with Crippen LogP contribution in [-0.4, -0.2) is 51.0 Å². The van der Waals surface area contributed by atoms with Crippen molar-refractivity contribution in [3.63, 3.8) is 0 Å². The van der Waals surface area contributed by atoms with Crippen molar-refractivity contribution in [3.05, 3.63) is 89.5 Å². The van der Waals surface area contributed by atoms with Gasteiger partial charge in [-0.1, -0.05) is 24.3 Å². The van der Waals surface area contributed by atoms with Crippen LogP contribution < -0.4 is 9.64 Å². The van der Waals surface area contributed by atoms with Gasteiger partial charge < -0.3 is 14.5 Å². The maximum atomic E-state index is 14.4. The highest BCUT2D eigenvalue weighted by atomic mass is 19.1. The molecule has 0 aromatic heterocycles. The molecule has 3 aromatic rings. The molecule has 0 saturated carbocycles. The third-order valence-electron chi connectivity index (χ3n) is 5.91. The van der Waals surface area contributed by atoms with Crippen molar-refractivity contribution in [1.82, 2.24) is 4.90 Å². The molecule has 6 heteroatoms. The van der Waals surface area contributed by atoms with Gasteiger partial charge in [0, 0.05) is 43.5 Å². The van der Waals surface area contributed by atoms with E-state index in [1.807, 2.05) is 18.2 Å². The fraction of sp³-hybridized carbons (Fsp3) is 0.222. The lowest BCUT2D eigenvalue weighted by molar-refractivity contribution is 0.104. The maximum absolute atomic E-state index is 14.4. The quantitative estimate of drug-likeness (QED) is 0.379. The summed E-state index contributed by atoms with van der Waals surface area (Å²) in [5.41, 5.74) is 2.92. The predicted octanol–water partition coefficient (Wildman–Crippen LogP) is 5.29. The fourth-order valence-corrected chi connectivity index (χ4v) is 3.96. The van der Waals surface area contributed by atoms with E-state index in [9.17, 15) is 13.6 Å². The molecule has 33 heavy (non-hydrogen) atoms. The molecule has 0 N–H and O–H groups in total. The van der Waals surface area contributed by atoms with Gasteiger partial charge in [0.2, 0.25) is 0 Å². The summed E-state index contributed by atoms with van der Waals surface area (Å²) >= 11 is 0. The number of carbonyl (C=O) groups is 1. The van der Waals surface area contributed by atoms with Crippen molar-refractivity contribution >= 4 is 17.5 Å². The van der Waals surface area contributed by atoms with E-state index in [1.165, 1.54) is 31.4 Å². The highest BCUT2D eigenvalue weighted by Gasteiger charge is 2.18. The van der Waals surface area contributed by atoms with Crippen LogP contribution in [-0.2, 0) is 0 Å². The van der Waals surface area contributed by atoms with E-state index in [-0.39, 0.29) is 11.4 Å². The normalized spacial score (nSPS) is 14.6. The van der Waals surface area contributed by atoms with E-state index in [0.717, 1.165) is 37.4 Å². The van der Waals surface area contributed by atoms with Crippen molar-refractivity contribution in [2.24, 2.45) is 0 Å². The number of methoxy groups -OCH3 is 1. The Bertz CT molecular complexity index is 1180. The minimum Gasteiger partial charge on any atom is -0.497 e. The van der Waals surface area contributed by atoms with Gasteiger partial charge in [0.15, 0.2) is 5.78 Å². The summed E-state index contributed by atoms with van der Waals surface area (Å²) < 4.78 is 33.8. The molecule has 1 aliphatic rings. The Labute approximate surface area is 192 Å². The van der Waals surface area contributed by atoms with Crippen molar-refractivity contribution in [2.45, 2.75) is 0 Å². The number of ether oxygens (including phenoxy) is 1. The third-order valence-corrected chi connectivity index (χ3v) is 5.91. The molecule has 0 atom stereocenters. The summed E-state index contributed by atoms with van der Waals surface area (Å²) in [7, 11) is 3.53. The number of anilines is 1. The van der Waals surface area contributed by atoms with Crippen LogP contribution in [0.5, 0.6) is 5.75 Å². The largest absolute Gasteiger partial charge is 0.497 e. The van der Waals surface area contributed by atoms with Gasteiger partial charge in [-0.15, -0.1) is 0 Å². The van der Waals surface area contributed by atoms with Crippen LogP contribution in [0.1, 0.15) is 15.9 Å². The van der Waals surface area contributed by atoms with Gasteiger partial charge in [-0.2, -0.15) is 0 Å². The summed E-state index contributed by atoms with van der Waals surface area (Å²) in [6, 6.07) is 16.5. The van der Waals surface area contributed by atoms with Crippen LogP contribution in [0.2, 0.25) is 0 Å². The number of hydrogen-bond donors (Lipinski definition) is 0. The van der Waals surface area contributed by atoms with E-state index in [4.69, 9.17) is 4.74 Å². The summed E-state index contributed by atoms with van der Waals surface area (Å²) in [4.78, 5) is 17.2. The zero-order valence-corrected chi connectivity index (χ0v) is 18.7. The van der Waals surface area contributed by atoms with E-state index < -0.39 is 11.6 Å². The first-order valence-electron chi connectivity index (χ1n) is 10.8. The second-order valence-electron chi connectivity index (χ2n) is 8.09. The SMILES string of the molecule is COc1ccc(C(=O)C=Cc2cc(-c3ccccc3F)ccc2N2CCN(C)CC2)c(F)c1. The number of hydrogen-bond acceptors (Lipinski definition) is 4. The van der Waals surface area contributed by atoms with Crippen LogP contribution in [0.3, 0.4) is 0 Å². The zero-order chi connectivity index (χ0) is 23.4. The van der Waals surface area contributed by atoms with E-state index in [2.05, 4.69) is 16.8 Å². The second-order valence-corrected chi connectivity index (χ2v) is 8.09. The topological polar surface area (TPSA) is 32.8 Å². The summed E-state index contributed by atoms with van der Waals surface area (Å²) in [5.74, 6) is -1.04. The molecule has 0 amide bonds. The number of benzene rings is 3. The second kappa shape index (κ2) is 9.96. The van der Waals surface area contributed by atoms with E-state index >= 15 is 0 Å². The average molecular weight is 449 g/mol. The van der Waals surface area contributed by atoms with Crippen LogP contribution in [0.15, 0.2) is 66.7 Å². The Morgan fingerprint density at radius 2 is 1.70 bits per heavy atom. The van der Waals surface area contributed by atoms with Gasteiger partial charge in [-0.3, -0.25) is 4.79 Å². The van der Waals surface area contributed by atoms with Gasteiger partial charge in [-0.05, 0) is 60.7 Å². The Kier molecular flexibility index (Phi) is 6.84. The third kappa shape index (κ3) is 5.12. The summed E-state index contributed by atoms with van der Waals surface area (Å²) in [6.07, 6.45) is 3.05. The van der Waals surface area contributed by atoms with Crippen molar-refractivity contribution in [3.8, 4) is 16.9 Å². The number of rotatable bonds is 6. The lowest BCUT2D eigenvalue weighted by Crippen LogP contribution is -2.44. The minimum atomic E-state index is -0.636. The molecule has 1 fully saturated rings. The number of nitrogens with zero attached hydrogens (tertiary/aromatic N) is 2. The Morgan fingerprint density at radius 1 is 0.939 bits per heavy atom. The first-order valence-corrected chi connectivity index (χ1v) is 10.8. The van der Waals surface area contributed by atoms with Gasteiger partial charge >= 0.3 is 0 Å². The number of ketones is 1. The van der Waals surface area contributed by atoms with E-state index in [1.54, 1.807) is 30.3 Å². The Balaban J connectivity index is 1.70. The molecule has 0 unspecified atom stereocenters. The monoisotopic (exact) mass is 448 g/mol. The molecular formula is C27H26F2N2O2. The van der Waals surface area contributed by atoms with Crippen molar-refractivity contribution in [1.29, 1.82) is 0 Å². The first-order chi connectivity index (χ1) is 16.0.